The van der Waals surface area contributed by atoms with E-state index in [-0.39, 0.29) is 6.10 Å². The van der Waals surface area contributed by atoms with Gasteiger partial charge in [0.25, 0.3) is 0 Å². The molecule has 0 saturated carbocycles. The Labute approximate surface area is 127 Å². The van der Waals surface area contributed by atoms with Crippen molar-refractivity contribution in [3.05, 3.63) is 12.4 Å². The normalized spacial score (nSPS) is 18.0. The molecule has 1 unspecified atom stereocenters. The highest BCUT2D eigenvalue weighted by molar-refractivity contribution is 5.59. The predicted molar refractivity (Wildman–Crippen MR) is 85.8 cm³/mol. The lowest BCUT2D eigenvalue weighted by molar-refractivity contribution is 0.124. The van der Waals surface area contributed by atoms with Crippen molar-refractivity contribution in [2.45, 2.75) is 31.8 Å². The molecule has 2 N–H and O–H groups in total. The fraction of sp³-hybridized carbons (Fsp3) is 0.733. The molecule has 0 aliphatic carbocycles. The van der Waals surface area contributed by atoms with Crippen molar-refractivity contribution >= 4 is 11.6 Å². The number of hydrogen-bond donors (Lipinski definition) is 2. The molecule has 1 aromatic rings. The monoisotopic (exact) mass is 293 g/mol. The van der Waals surface area contributed by atoms with E-state index < -0.39 is 0 Å². The quantitative estimate of drug-likeness (QED) is 0.821. The summed E-state index contributed by atoms with van der Waals surface area (Å²) in [5.41, 5.74) is 0. The molecule has 1 atom stereocenters. The van der Waals surface area contributed by atoms with E-state index in [2.05, 4.69) is 20.2 Å². The lowest BCUT2D eigenvalue weighted by Gasteiger charge is -2.24. The van der Waals surface area contributed by atoms with Gasteiger partial charge in [0.05, 0.1) is 6.10 Å². The Morgan fingerprint density at radius 3 is 2.52 bits per heavy atom. The van der Waals surface area contributed by atoms with Crippen molar-refractivity contribution in [1.29, 1.82) is 0 Å². The van der Waals surface area contributed by atoms with Crippen LogP contribution in [0.5, 0.6) is 0 Å². The molecule has 0 spiro atoms. The van der Waals surface area contributed by atoms with Gasteiger partial charge in [-0.3, -0.25) is 0 Å². The summed E-state index contributed by atoms with van der Waals surface area (Å²) >= 11 is 0. The van der Waals surface area contributed by atoms with Gasteiger partial charge in [-0.15, -0.1) is 0 Å². The SMILES string of the molecule is CN(C)c1nccnc1NCC(O)CN1CCCCCC1. The average molecular weight is 293 g/mol. The highest BCUT2D eigenvalue weighted by atomic mass is 16.3. The fourth-order valence-electron chi connectivity index (χ4n) is 2.68. The third-order valence-electron chi connectivity index (χ3n) is 3.78. The van der Waals surface area contributed by atoms with Crippen LogP contribution in [-0.4, -0.2) is 66.4 Å². The van der Waals surface area contributed by atoms with Crippen LogP contribution in [0.3, 0.4) is 0 Å². The van der Waals surface area contributed by atoms with Gasteiger partial charge in [-0.2, -0.15) is 0 Å². The summed E-state index contributed by atoms with van der Waals surface area (Å²) in [6, 6.07) is 0. The second-order valence-electron chi connectivity index (χ2n) is 5.87. The summed E-state index contributed by atoms with van der Waals surface area (Å²) in [6.45, 7) is 3.43. The molecule has 6 heteroatoms. The first kappa shape index (κ1) is 16.0. The Morgan fingerprint density at radius 1 is 1.19 bits per heavy atom. The highest BCUT2D eigenvalue weighted by Gasteiger charge is 2.14. The third-order valence-corrected chi connectivity index (χ3v) is 3.78. The van der Waals surface area contributed by atoms with Gasteiger partial charge >= 0.3 is 0 Å². The number of nitrogens with zero attached hydrogens (tertiary/aromatic N) is 4. The molecule has 1 aromatic heterocycles. The minimum atomic E-state index is -0.389. The predicted octanol–water partition coefficient (Wildman–Crippen LogP) is 1.19. The molecular weight excluding hydrogens is 266 g/mol. The maximum atomic E-state index is 10.2. The molecule has 1 saturated heterocycles. The Hall–Kier alpha value is -1.40. The maximum absolute atomic E-state index is 10.2. The van der Waals surface area contributed by atoms with Gasteiger partial charge in [-0.25, -0.2) is 9.97 Å². The van der Waals surface area contributed by atoms with Crippen LogP contribution in [0.4, 0.5) is 11.6 Å². The van der Waals surface area contributed by atoms with E-state index in [1.807, 2.05) is 19.0 Å². The number of β-amino-alcohol motifs (C(OH)–C–C–N with tert-alkyl or cyclic N) is 1. The molecule has 21 heavy (non-hydrogen) atoms. The van der Waals surface area contributed by atoms with Crippen molar-refractivity contribution in [3.63, 3.8) is 0 Å². The summed E-state index contributed by atoms with van der Waals surface area (Å²) in [6.07, 6.45) is 8.07. The van der Waals surface area contributed by atoms with Crippen LogP contribution in [-0.2, 0) is 0 Å². The van der Waals surface area contributed by atoms with Gasteiger partial charge in [0, 0.05) is 39.6 Å². The highest BCUT2D eigenvalue weighted by Crippen LogP contribution is 2.17. The molecule has 0 aromatic carbocycles. The summed E-state index contributed by atoms with van der Waals surface area (Å²) in [5.74, 6) is 1.51. The summed E-state index contributed by atoms with van der Waals surface area (Å²) in [7, 11) is 3.87. The Kier molecular flexibility index (Phi) is 6.20. The van der Waals surface area contributed by atoms with E-state index in [4.69, 9.17) is 0 Å². The number of aliphatic hydroxyl groups is 1. The van der Waals surface area contributed by atoms with Gasteiger partial charge in [-0.1, -0.05) is 12.8 Å². The second kappa shape index (κ2) is 8.14. The van der Waals surface area contributed by atoms with Crippen molar-refractivity contribution in [3.8, 4) is 0 Å². The molecule has 1 aliphatic heterocycles. The molecule has 0 radical (unpaired) electrons. The number of anilines is 2. The molecule has 1 fully saturated rings. The summed E-state index contributed by atoms with van der Waals surface area (Å²) in [4.78, 5) is 12.9. The van der Waals surface area contributed by atoms with Crippen LogP contribution in [0.1, 0.15) is 25.7 Å². The van der Waals surface area contributed by atoms with Crippen LogP contribution in [0.25, 0.3) is 0 Å². The van der Waals surface area contributed by atoms with Crippen molar-refractivity contribution in [2.75, 3.05) is 50.5 Å². The van der Waals surface area contributed by atoms with E-state index in [1.165, 1.54) is 25.7 Å². The van der Waals surface area contributed by atoms with Crippen LogP contribution in [0.15, 0.2) is 12.4 Å². The molecule has 2 heterocycles. The van der Waals surface area contributed by atoms with E-state index in [0.29, 0.717) is 6.54 Å². The molecule has 0 amide bonds. The van der Waals surface area contributed by atoms with Gasteiger partial charge in [0.2, 0.25) is 0 Å². The Morgan fingerprint density at radius 2 is 1.86 bits per heavy atom. The van der Waals surface area contributed by atoms with Crippen molar-refractivity contribution < 1.29 is 5.11 Å². The zero-order valence-electron chi connectivity index (χ0n) is 13.1. The summed E-state index contributed by atoms with van der Waals surface area (Å²) in [5, 5.41) is 13.4. The Bertz CT molecular complexity index is 418. The number of likely N-dealkylation sites (tertiary alicyclic amines) is 1. The minimum absolute atomic E-state index is 0.389. The number of nitrogens with one attached hydrogen (secondary N) is 1. The van der Waals surface area contributed by atoms with E-state index >= 15 is 0 Å². The molecular formula is C15H27N5O. The smallest absolute Gasteiger partial charge is 0.171 e. The molecule has 118 valence electrons. The first-order valence-electron chi connectivity index (χ1n) is 7.79. The van der Waals surface area contributed by atoms with Gasteiger partial charge in [0.15, 0.2) is 11.6 Å². The van der Waals surface area contributed by atoms with Gasteiger partial charge in [-0.05, 0) is 25.9 Å². The van der Waals surface area contributed by atoms with Crippen LogP contribution in [0, 0.1) is 0 Å². The molecule has 2 rings (SSSR count). The van der Waals surface area contributed by atoms with Crippen LogP contribution < -0.4 is 10.2 Å². The standard InChI is InChI=1S/C15H27N5O/c1-19(2)15-14(16-7-8-17-15)18-11-13(21)12-20-9-5-3-4-6-10-20/h7-8,13,21H,3-6,9-12H2,1-2H3,(H,16,18). The Balaban J connectivity index is 1.82. The van der Waals surface area contributed by atoms with E-state index in [9.17, 15) is 5.11 Å². The molecule has 1 aliphatic rings. The van der Waals surface area contributed by atoms with Crippen molar-refractivity contribution in [2.24, 2.45) is 0 Å². The maximum Gasteiger partial charge on any atom is 0.171 e. The lowest BCUT2D eigenvalue weighted by atomic mass is 10.2. The third kappa shape index (κ3) is 5.13. The largest absolute Gasteiger partial charge is 0.390 e. The van der Waals surface area contributed by atoms with Crippen LogP contribution >= 0.6 is 0 Å². The number of hydrogen-bond acceptors (Lipinski definition) is 6. The van der Waals surface area contributed by atoms with E-state index in [0.717, 1.165) is 31.3 Å². The first-order chi connectivity index (χ1) is 10.2. The average Bonchev–Trinajstić information content (AvgIpc) is 2.74. The van der Waals surface area contributed by atoms with Gasteiger partial charge in [0.1, 0.15) is 0 Å². The zero-order chi connectivity index (χ0) is 15.1. The summed E-state index contributed by atoms with van der Waals surface area (Å²) < 4.78 is 0. The van der Waals surface area contributed by atoms with Crippen LogP contribution in [0.2, 0.25) is 0 Å². The number of rotatable bonds is 6. The molecule has 0 bridgehead atoms. The fourth-order valence-corrected chi connectivity index (χ4v) is 2.68. The van der Waals surface area contributed by atoms with Crippen molar-refractivity contribution in [1.82, 2.24) is 14.9 Å². The second-order valence-corrected chi connectivity index (χ2v) is 5.87. The lowest BCUT2D eigenvalue weighted by Crippen LogP contribution is -2.37. The number of aliphatic hydroxyl groups excluding tert-OH is 1. The van der Waals surface area contributed by atoms with E-state index in [1.54, 1.807) is 12.4 Å². The first-order valence-corrected chi connectivity index (χ1v) is 7.79. The minimum Gasteiger partial charge on any atom is -0.390 e. The zero-order valence-corrected chi connectivity index (χ0v) is 13.1. The van der Waals surface area contributed by atoms with Gasteiger partial charge < -0.3 is 20.2 Å². The topological polar surface area (TPSA) is 64.5 Å². The molecule has 6 nitrogen and oxygen atoms in total. The number of aromatic nitrogens is 2.